The first-order valence-corrected chi connectivity index (χ1v) is 12.4. The van der Waals surface area contributed by atoms with Gasteiger partial charge in [0.15, 0.2) is 0 Å². The number of carbonyl (C=O) groups excluding carboxylic acids is 1. The third kappa shape index (κ3) is 2.78. The molecule has 3 fully saturated rings. The number of hydrogen-bond donors (Lipinski definition) is 2. The molecular weight excluding hydrogens is 422 g/mol. The highest BCUT2D eigenvalue weighted by Crippen LogP contribution is 2.69. The number of likely N-dealkylation sites (tertiary alicyclic amines) is 1. The summed E-state index contributed by atoms with van der Waals surface area (Å²) in [6, 6.07) is 15.6. The van der Waals surface area contributed by atoms with Crippen LogP contribution < -0.4 is 10.2 Å². The van der Waals surface area contributed by atoms with Gasteiger partial charge < -0.3 is 15.1 Å². The molecule has 2 aromatic carbocycles. The monoisotopic (exact) mass is 451 g/mol. The normalized spacial score (nSPS) is 28.0. The number of likely N-dealkylation sites (N-methyl/N-ethyl adjacent to an activating group) is 1. The van der Waals surface area contributed by atoms with Crippen LogP contribution in [0.15, 0.2) is 66.3 Å². The molecule has 2 aliphatic carbocycles. The van der Waals surface area contributed by atoms with Crippen molar-refractivity contribution in [3.63, 3.8) is 0 Å². The SMILES string of the molecule is CN1C(=O)[C@@]2(CC2c2ccc3c(-c4ccc(N5CCNCC5)cc4)n[nH]c3c2)C2=CC=CCC21. The molecule has 6 nitrogen and oxygen atoms in total. The van der Waals surface area contributed by atoms with Crippen molar-refractivity contribution in [2.24, 2.45) is 5.41 Å². The number of H-pyrrole nitrogens is 1. The second kappa shape index (κ2) is 7.31. The Balaban J connectivity index is 1.18. The van der Waals surface area contributed by atoms with Gasteiger partial charge in [0.2, 0.25) is 5.91 Å². The Kier molecular flexibility index (Phi) is 4.31. The van der Waals surface area contributed by atoms with E-state index in [1.165, 1.54) is 16.8 Å². The van der Waals surface area contributed by atoms with Crippen LogP contribution in [0.1, 0.15) is 24.3 Å². The molecule has 4 aliphatic rings. The lowest BCUT2D eigenvalue weighted by molar-refractivity contribution is -0.131. The Morgan fingerprint density at radius 1 is 1.09 bits per heavy atom. The quantitative estimate of drug-likeness (QED) is 0.635. The number of nitrogens with one attached hydrogen (secondary N) is 2. The summed E-state index contributed by atoms with van der Waals surface area (Å²) in [5.74, 6) is 0.534. The minimum absolute atomic E-state index is 0.231. The van der Waals surface area contributed by atoms with Crippen molar-refractivity contribution in [3.8, 4) is 11.3 Å². The average Bonchev–Trinajstić information content (AvgIpc) is 3.46. The molecule has 1 spiro atoms. The number of nitrogens with zero attached hydrogens (tertiary/aromatic N) is 3. The van der Waals surface area contributed by atoms with Crippen molar-refractivity contribution >= 4 is 22.5 Å². The van der Waals surface area contributed by atoms with Gasteiger partial charge in [-0.3, -0.25) is 9.89 Å². The second-order valence-corrected chi connectivity index (χ2v) is 10.1. The van der Waals surface area contributed by atoms with Gasteiger partial charge in [0.25, 0.3) is 0 Å². The predicted molar refractivity (Wildman–Crippen MR) is 135 cm³/mol. The van der Waals surface area contributed by atoms with Crippen molar-refractivity contribution in [2.75, 3.05) is 38.1 Å². The lowest BCUT2D eigenvalue weighted by atomic mass is 9.86. The maximum absolute atomic E-state index is 13.3. The number of allylic oxidation sites excluding steroid dienone is 2. The fourth-order valence-electron chi connectivity index (χ4n) is 6.46. The predicted octanol–water partition coefficient (Wildman–Crippen LogP) is 3.84. The molecule has 1 amide bonds. The molecule has 3 aromatic rings. The molecule has 3 atom stereocenters. The number of anilines is 1. The van der Waals surface area contributed by atoms with Crippen LogP contribution in [0.3, 0.4) is 0 Å². The van der Waals surface area contributed by atoms with Crippen LogP contribution in [0.25, 0.3) is 22.2 Å². The van der Waals surface area contributed by atoms with E-state index in [0.717, 1.165) is 61.2 Å². The minimum atomic E-state index is -0.333. The van der Waals surface area contributed by atoms with Gasteiger partial charge in [-0.25, -0.2) is 0 Å². The lowest BCUT2D eigenvalue weighted by Gasteiger charge is -2.29. The first-order chi connectivity index (χ1) is 16.7. The molecule has 2 unspecified atom stereocenters. The standard InChI is InChI=1S/C28H29N5O/c1-32-25-5-3-2-4-22(25)28(27(32)34)17-23(28)19-8-11-21-24(16-19)30-31-26(21)18-6-9-20(10-7-18)33-14-12-29-13-15-33/h2-4,6-11,16,23,25,29H,5,12-15,17H2,1H3,(H,30,31)/t23?,25?,28-/m0/s1. The Hall–Kier alpha value is -3.38. The molecule has 2 aliphatic heterocycles. The second-order valence-electron chi connectivity index (χ2n) is 10.1. The summed E-state index contributed by atoms with van der Waals surface area (Å²) >= 11 is 0. The van der Waals surface area contributed by atoms with E-state index in [4.69, 9.17) is 0 Å². The van der Waals surface area contributed by atoms with E-state index in [9.17, 15) is 4.79 Å². The number of aromatic amines is 1. The number of benzene rings is 2. The number of aromatic nitrogens is 2. The van der Waals surface area contributed by atoms with Crippen LogP contribution >= 0.6 is 0 Å². The summed E-state index contributed by atoms with van der Waals surface area (Å²) in [5.41, 5.74) is 6.61. The minimum Gasteiger partial charge on any atom is -0.369 e. The lowest BCUT2D eigenvalue weighted by Crippen LogP contribution is -2.43. The van der Waals surface area contributed by atoms with Gasteiger partial charge in [-0.05, 0) is 42.2 Å². The van der Waals surface area contributed by atoms with E-state index in [1.807, 2.05) is 11.9 Å². The van der Waals surface area contributed by atoms with Crippen LogP contribution in [0.4, 0.5) is 5.69 Å². The van der Waals surface area contributed by atoms with Crippen LogP contribution in [-0.4, -0.2) is 60.3 Å². The van der Waals surface area contributed by atoms with Crippen molar-refractivity contribution < 1.29 is 4.79 Å². The molecule has 1 saturated carbocycles. The van der Waals surface area contributed by atoms with Gasteiger partial charge in [0.1, 0.15) is 0 Å². The van der Waals surface area contributed by atoms with Gasteiger partial charge >= 0.3 is 0 Å². The van der Waals surface area contributed by atoms with Gasteiger partial charge in [-0.1, -0.05) is 42.5 Å². The average molecular weight is 452 g/mol. The zero-order chi connectivity index (χ0) is 22.9. The Morgan fingerprint density at radius 2 is 1.91 bits per heavy atom. The van der Waals surface area contributed by atoms with Crippen LogP contribution in [0.5, 0.6) is 0 Å². The van der Waals surface area contributed by atoms with Crippen molar-refractivity contribution in [1.82, 2.24) is 20.4 Å². The molecule has 3 heterocycles. The van der Waals surface area contributed by atoms with Crippen molar-refractivity contribution in [2.45, 2.75) is 24.8 Å². The van der Waals surface area contributed by atoms with E-state index in [0.29, 0.717) is 0 Å². The molecule has 34 heavy (non-hydrogen) atoms. The summed E-state index contributed by atoms with van der Waals surface area (Å²) < 4.78 is 0. The number of rotatable bonds is 3. The Bertz CT molecular complexity index is 1350. The molecule has 1 aromatic heterocycles. The third-order valence-corrected chi connectivity index (χ3v) is 8.39. The number of fused-ring (bicyclic) bond motifs is 3. The Labute approximate surface area is 199 Å². The first-order valence-electron chi connectivity index (χ1n) is 12.4. The van der Waals surface area contributed by atoms with Gasteiger partial charge in [-0.2, -0.15) is 5.10 Å². The number of amides is 1. The van der Waals surface area contributed by atoms with E-state index in [1.54, 1.807) is 0 Å². The maximum Gasteiger partial charge on any atom is 0.233 e. The van der Waals surface area contributed by atoms with E-state index in [-0.39, 0.29) is 23.3 Å². The number of hydrogen-bond acceptors (Lipinski definition) is 4. The largest absolute Gasteiger partial charge is 0.369 e. The molecule has 172 valence electrons. The van der Waals surface area contributed by atoms with Crippen LogP contribution in [-0.2, 0) is 4.79 Å². The zero-order valence-electron chi connectivity index (χ0n) is 19.4. The molecule has 7 rings (SSSR count). The summed E-state index contributed by atoms with van der Waals surface area (Å²) in [4.78, 5) is 17.6. The Morgan fingerprint density at radius 3 is 2.74 bits per heavy atom. The molecular formula is C28H29N5O. The molecule has 2 N–H and O–H groups in total. The van der Waals surface area contributed by atoms with E-state index < -0.39 is 0 Å². The van der Waals surface area contributed by atoms with Crippen molar-refractivity contribution in [3.05, 3.63) is 71.8 Å². The summed E-state index contributed by atoms with van der Waals surface area (Å²) in [6.07, 6.45) is 8.31. The molecule has 0 radical (unpaired) electrons. The van der Waals surface area contributed by atoms with E-state index in [2.05, 4.69) is 81.1 Å². The highest BCUT2D eigenvalue weighted by Gasteiger charge is 2.68. The zero-order valence-corrected chi connectivity index (χ0v) is 19.4. The third-order valence-electron chi connectivity index (χ3n) is 8.39. The topological polar surface area (TPSA) is 64.3 Å². The first kappa shape index (κ1) is 20.0. The summed E-state index contributed by atoms with van der Waals surface area (Å²) in [5, 5.41) is 12.5. The maximum atomic E-state index is 13.3. The van der Waals surface area contributed by atoms with Crippen LogP contribution in [0, 0.1) is 5.41 Å². The molecule has 6 heteroatoms. The van der Waals surface area contributed by atoms with Gasteiger partial charge in [0.05, 0.1) is 22.7 Å². The smallest absolute Gasteiger partial charge is 0.233 e. The fourth-order valence-corrected chi connectivity index (χ4v) is 6.46. The van der Waals surface area contributed by atoms with Crippen molar-refractivity contribution in [1.29, 1.82) is 0 Å². The molecule has 2 saturated heterocycles. The summed E-state index contributed by atoms with van der Waals surface area (Å²) in [7, 11) is 1.96. The van der Waals surface area contributed by atoms with Gasteiger partial charge in [-0.15, -0.1) is 0 Å². The van der Waals surface area contributed by atoms with E-state index >= 15 is 0 Å². The highest BCUT2D eigenvalue weighted by atomic mass is 16.2. The van der Waals surface area contributed by atoms with Crippen LogP contribution in [0.2, 0.25) is 0 Å². The summed E-state index contributed by atoms with van der Waals surface area (Å²) in [6.45, 7) is 4.16. The number of piperazine rings is 1. The molecule has 0 bridgehead atoms. The van der Waals surface area contributed by atoms with Gasteiger partial charge in [0, 0.05) is 55.8 Å². The number of carbonyl (C=O) groups is 1. The highest BCUT2D eigenvalue weighted by molar-refractivity contribution is 5.97. The fraction of sp³-hybridized carbons (Fsp3) is 0.357.